The molecule has 16 heteroatoms. The Labute approximate surface area is 434 Å². The fourth-order valence-electron chi connectivity index (χ4n) is 13.4. The molecule has 3 spiro atoms. The number of fused-ring (bicyclic) bond motifs is 2. The summed E-state index contributed by atoms with van der Waals surface area (Å²) in [6.45, 7) is 8.93. The van der Waals surface area contributed by atoms with Crippen LogP contribution >= 0.6 is 0 Å². The number of piperidine rings is 2. The van der Waals surface area contributed by atoms with E-state index in [1.165, 1.54) is 0 Å². The van der Waals surface area contributed by atoms with Crippen molar-refractivity contribution in [3.63, 3.8) is 0 Å². The van der Waals surface area contributed by atoms with Crippen molar-refractivity contribution in [1.82, 2.24) is 15.5 Å². The maximum atomic E-state index is 17.2. The first-order valence-electron chi connectivity index (χ1n) is 26.3. The molecule has 0 radical (unpaired) electrons. The molecule has 0 unspecified atom stereocenters. The third-order valence-corrected chi connectivity index (χ3v) is 19.5. The molecule has 0 bridgehead atoms. The summed E-state index contributed by atoms with van der Waals surface area (Å²) in [6, 6.07) is 43.1. The summed E-state index contributed by atoms with van der Waals surface area (Å²) < 4.78 is 24.4. The fourth-order valence-corrected chi connectivity index (χ4v) is 15.9. The lowest BCUT2D eigenvalue weighted by molar-refractivity contribution is -0.150. The number of carbonyl (C=O) groups is 4. The molecule has 6 aliphatic rings. The van der Waals surface area contributed by atoms with Gasteiger partial charge in [-0.2, -0.15) is 0 Å². The molecule has 0 aliphatic carbocycles. The van der Waals surface area contributed by atoms with Gasteiger partial charge >= 0.3 is 0 Å². The standard InChI is InChI=1S/C58H67FN8O6Si/c1-41-52(74(2,3)59)50(36-51(69)62(33-34-68)37-42-13-7-4-8-14-42)73-58(41)48-35-47(65-40-67(46-17-11-6-12-18-46)57(54(65)71)27-31-61-32-28-57)23-24-49(48)63(55(58)72)38-43-19-21-44(22-20-43)64-39-66(45-15-9-5-10-16-45)56(53(64)70)25-29-60-30-26-56/h4-24,35,41,50,52,60-61,68H,25-34,36-40H2,1-3H3/t41-,50+,52-,58+/m1/s1. The van der Waals surface area contributed by atoms with Crippen molar-refractivity contribution in [3.8, 4) is 0 Å². The summed E-state index contributed by atoms with van der Waals surface area (Å²) >= 11 is 0. The quantitative estimate of drug-likeness (QED) is 0.0815. The predicted octanol–water partition coefficient (Wildman–Crippen LogP) is 7.29. The summed E-state index contributed by atoms with van der Waals surface area (Å²) in [5.41, 5.74) is 2.26. The van der Waals surface area contributed by atoms with Crippen LogP contribution in [0.3, 0.4) is 0 Å². The van der Waals surface area contributed by atoms with E-state index in [1.807, 2.05) is 138 Å². The summed E-state index contributed by atoms with van der Waals surface area (Å²) in [5.74, 6) is -1.31. The summed E-state index contributed by atoms with van der Waals surface area (Å²) in [6.07, 6.45) is 1.49. The summed E-state index contributed by atoms with van der Waals surface area (Å²) in [4.78, 5) is 71.3. The Hall–Kier alpha value is -6.43. The maximum absolute atomic E-state index is 17.2. The first kappa shape index (κ1) is 49.8. The Morgan fingerprint density at radius 3 is 1.73 bits per heavy atom. The lowest BCUT2D eigenvalue weighted by Gasteiger charge is -2.39. The number of benzene rings is 5. The van der Waals surface area contributed by atoms with E-state index in [1.54, 1.807) is 22.9 Å². The van der Waals surface area contributed by atoms with Crippen molar-refractivity contribution < 1.29 is 33.1 Å². The van der Waals surface area contributed by atoms with E-state index in [0.717, 1.165) is 41.3 Å². The fraction of sp³-hybridized carbons (Fsp3) is 0.414. The number of halogens is 1. The molecule has 5 fully saturated rings. The first-order chi connectivity index (χ1) is 35.8. The van der Waals surface area contributed by atoms with E-state index in [4.69, 9.17) is 4.74 Å². The number of nitrogens with zero attached hydrogens (tertiary/aromatic N) is 6. The summed E-state index contributed by atoms with van der Waals surface area (Å²) in [5, 5.41) is 17.0. The second-order valence-electron chi connectivity index (χ2n) is 21.6. The van der Waals surface area contributed by atoms with Crippen LogP contribution in [0.25, 0.3) is 0 Å². The smallest absolute Gasteiger partial charge is 0.264 e. The lowest BCUT2D eigenvalue weighted by Crippen LogP contribution is -2.55. The van der Waals surface area contributed by atoms with Gasteiger partial charge in [-0.1, -0.05) is 85.8 Å². The zero-order valence-electron chi connectivity index (χ0n) is 42.6. The second-order valence-corrected chi connectivity index (χ2v) is 25.4. The van der Waals surface area contributed by atoms with Gasteiger partial charge in [-0.05, 0) is 131 Å². The molecule has 386 valence electrons. The van der Waals surface area contributed by atoms with Crippen LogP contribution in [0.5, 0.6) is 0 Å². The number of ether oxygens (including phenoxy) is 1. The predicted molar refractivity (Wildman–Crippen MR) is 288 cm³/mol. The number of aliphatic hydroxyl groups excluding tert-OH is 1. The van der Waals surface area contributed by atoms with Gasteiger partial charge in [0, 0.05) is 52.9 Å². The molecule has 4 amide bonds. The molecule has 74 heavy (non-hydrogen) atoms. The molecule has 5 aromatic rings. The monoisotopic (exact) mass is 1020 g/mol. The Bertz CT molecular complexity index is 2880. The Morgan fingerprint density at radius 2 is 1.20 bits per heavy atom. The number of para-hydroxylation sites is 2. The highest BCUT2D eigenvalue weighted by atomic mass is 28.4. The highest BCUT2D eigenvalue weighted by Crippen LogP contribution is 2.61. The zero-order valence-corrected chi connectivity index (χ0v) is 43.6. The molecule has 0 saturated carbocycles. The van der Waals surface area contributed by atoms with Crippen molar-refractivity contribution in [2.24, 2.45) is 5.92 Å². The molecule has 14 nitrogen and oxygen atoms in total. The Kier molecular flexibility index (Phi) is 13.2. The van der Waals surface area contributed by atoms with Gasteiger partial charge in [-0.15, -0.1) is 0 Å². The number of hydrogen-bond donors (Lipinski definition) is 3. The van der Waals surface area contributed by atoms with Crippen molar-refractivity contribution in [2.45, 2.75) is 93.5 Å². The topological polar surface area (TPSA) is 141 Å². The van der Waals surface area contributed by atoms with Crippen LogP contribution in [0.1, 0.15) is 55.7 Å². The average Bonchev–Trinajstić information content (AvgIpc) is 4.05. The maximum Gasteiger partial charge on any atom is 0.264 e. The molecule has 6 aliphatic heterocycles. The number of aliphatic hydroxyl groups is 1. The van der Waals surface area contributed by atoms with E-state index in [-0.39, 0.29) is 56.3 Å². The number of amides is 4. The average molecular weight is 1020 g/mol. The lowest BCUT2D eigenvalue weighted by atomic mass is 9.82. The van der Waals surface area contributed by atoms with Crippen LogP contribution in [-0.4, -0.2) is 112 Å². The zero-order chi connectivity index (χ0) is 51.4. The highest BCUT2D eigenvalue weighted by molar-refractivity contribution is 6.72. The van der Waals surface area contributed by atoms with E-state index in [2.05, 4.69) is 32.6 Å². The van der Waals surface area contributed by atoms with Crippen LogP contribution in [0.2, 0.25) is 18.6 Å². The molecule has 4 atom stereocenters. The first-order valence-corrected chi connectivity index (χ1v) is 29.3. The van der Waals surface area contributed by atoms with Gasteiger partial charge < -0.3 is 44.2 Å². The van der Waals surface area contributed by atoms with Crippen molar-refractivity contribution in [3.05, 3.63) is 150 Å². The van der Waals surface area contributed by atoms with E-state index in [9.17, 15) is 14.7 Å². The molecule has 6 heterocycles. The van der Waals surface area contributed by atoms with Gasteiger partial charge in [0.15, 0.2) is 5.60 Å². The molecule has 0 aromatic heterocycles. The van der Waals surface area contributed by atoms with Gasteiger partial charge in [0.05, 0.1) is 44.7 Å². The normalized spacial score (nSPS) is 24.3. The molecule has 11 rings (SSSR count). The largest absolute Gasteiger partial charge is 0.395 e. The van der Waals surface area contributed by atoms with Crippen LogP contribution in [-0.2, 0) is 42.6 Å². The van der Waals surface area contributed by atoms with E-state index >= 15 is 13.7 Å². The third-order valence-electron chi connectivity index (χ3n) is 17.0. The number of nitrogens with one attached hydrogen (secondary N) is 2. The Morgan fingerprint density at radius 1 is 0.689 bits per heavy atom. The molecular formula is C58H67FN8O6Si. The van der Waals surface area contributed by atoms with E-state index < -0.39 is 42.6 Å². The van der Waals surface area contributed by atoms with E-state index in [0.29, 0.717) is 69.0 Å². The van der Waals surface area contributed by atoms with Crippen molar-refractivity contribution in [1.29, 1.82) is 0 Å². The number of hydrogen-bond acceptors (Lipinski definition) is 10. The van der Waals surface area contributed by atoms with Crippen LogP contribution in [0.4, 0.5) is 32.5 Å². The molecule has 5 saturated heterocycles. The van der Waals surface area contributed by atoms with Crippen molar-refractivity contribution in [2.75, 3.05) is 77.2 Å². The Balaban J connectivity index is 0.951. The summed E-state index contributed by atoms with van der Waals surface area (Å²) in [7, 11) is -3.71. The van der Waals surface area contributed by atoms with Crippen LogP contribution in [0.15, 0.2) is 133 Å². The van der Waals surface area contributed by atoms with Crippen LogP contribution < -0.4 is 35.1 Å². The molecular weight excluding hydrogens is 952 g/mol. The van der Waals surface area contributed by atoms with Gasteiger partial charge in [0.25, 0.3) is 17.7 Å². The number of anilines is 5. The van der Waals surface area contributed by atoms with Gasteiger partial charge in [-0.3, -0.25) is 29.0 Å². The minimum absolute atomic E-state index is 0.0194. The van der Waals surface area contributed by atoms with Gasteiger partial charge in [0.1, 0.15) is 11.1 Å². The van der Waals surface area contributed by atoms with Crippen molar-refractivity contribution >= 4 is 60.5 Å². The number of rotatable bonds is 13. The van der Waals surface area contributed by atoms with Crippen LogP contribution in [0, 0.1) is 5.92 Å². The molecule has 3 N–H and O–H groups in total. The van der Waals surface area contributed by atoms with Gasteiger partial charge in [0.2, 0.25) is 14.3 Å². The minimum Gasteiger partial charge on any atom is -0.395 e. The second kappa shape index (κ2) is 19.7. The minimum atomic E-state index is -3.71. The third kappa shape index (κ3) is 8.38. The SMILES string of the molecule is C[C@@H]1[C@@H]([Si](C)(C)F)[C@H](CC(=O)N(CCO)Cc2ccccc2)O[C@@]12C(=O)N(Cc1ccc(N3CN(c4ccccc4)C4(CCNCC4)C3=O)cc1)c1ccc(N3CN(c4ccccc4)C4(CCNCC4)C3=O)cc12. The van der Waals surface area contributed by atoms with Gasteiger partial charge in [-0.25, -0.2) is 0 Å². The molecule has 5 aromatic carbocycles. The number of carbonyl (C=O) groups excluding carboxylic acids is 4. The highest BCUT2D eigenvalue weighted by Gasteiger charge is 2.67.